The topological polar surface area (TPSA) is 90.9 Å². The highest BCUT2D eigenvalue weighted by Gasteiger charge is 2.21. The highest BCUT2D eigenvalue weighted by Crippen LogP contribution is 2.23. The Hall–Kier alpha value is -0.810. The third-order valence-corrected chi connectivity index (χ3v) is 3.29. The lowest BCUT2D eigenvalue weighted by molar-refractivity contribution is 0.100. The summed E-state index contributed by atoms with van der Waals surface area (Å²) in [4.78, 5) is 0. The summed E-state index contributed by atoms with van der Waals surface area (Å²) in [6, 6.07) is -0.0657. The van der Waals surface area contributed by atoms with Gasteiger partial charge in [0.25, 0.3) is 0 Å². The maximum Gasteiger partial charge on any atom is 0.156 e. The highest BCUT2D eigenvalue weighted by molar-refractivity contribution is 5.85. The average molecular weight is 229 g/mol. The number of hydrogen-bond donors (Lipinski definition) is 4. The molecule has 0 amide bonds. The Morgan fingerprint density at radius 2 is 2.31 bits per heavy atom. The van der Waals surface area contributed by atoms with Crippen molar-refractivity contribution in [3.63, 3.8) is 0 Å². The van der Waals surface area contributed by atoms with Crippen molar-refractivity contribution in [3.05, 3.63) is 0 Å². The zero-order chi connectivity index (χ0) is 12.0. The van der Waals surface area contributed by atoms with E-state index < -0.39 is 0 Å². The van der Waals surface area contributed by atoms with Gasteiger partial charge in [0.05, 0.1) is 12.1 Å². The van der Waals surface area contributed by atoms with Crippen LogP contribution in [0, 0.1) is 5.92 Å². The van der Waals surface area contributed by atoms with E-state index in [1.165, 1.54) is 0 Å². The number of amidine groups is 1. The number of rotatable bonds is 5. The summed E-state index contributed by atoms with van der Waals surface area (Å²) in [5.41, 5.74) is 5.56. The van der Waals surface area contributed by atoms with Crippen molar-refractivity contribution in [3.8, 4) is 0 Å². The van der Waals surface area contributed by atoms with Crippen LogP contribution in [0.1, 0.15) is 39.0 Å². The summed E-state index contributed by atoms with van der Waals surface area (Å²) < 4.78 is 0. The molecule has 1 aliphatic carbocycles. The number of oxime groups is 1. The van der Waals surface area contributed by atoms with Gasteiger partial charge in [-0.25, -0.2) is 0 Å². The fourth-order valence-electron chi connectivity index (χ4n) is 2.28. The first-order valence-corrected chi connectivity index (χ1v) is 6.06. The fourth-order valence-corrected chi connectivity index (χ4v) is 2.28. The van der Waals surface area contributed by atoms with Crippen LogP contribution in [0.5, 0.6) is 0 Å². The number of nitrogens with one attached hydrogen (secondary N) is 1. The molecule has 16 heavy (non-hydrogen) atoms. The van der Waals surface area contributed by atoms with E-state index in [9.17, 15) is 5.11 Å². The van der Waals surface area contributed by atoms with E-state index in [-0.39, 0.29) is 18.0 Å². The first-order chi connectivity index (χ1) is 7.67. The summed E-state index contributed by atoms with van der Waals surface area (Å²) in [5.74, 6) is 0.739. The molecule has 0 spiro atoms. The molecule has 1 rings (SSSR count). The summed E-state index contributed by atoms with van der Waals surface area (Å²) in [5, 5.41) is 24.4. The normalized spacial score (nSPS) is 29.0. The molecule has 3 unspecified atom stereocenters. The molecule has 0 aromatic carbocycles. The number of aliphatic hydroxyl groups is 1. The Kier molecular flexibility index (Phi) is 5.55. The van der Waals surface area contributed by atoms with Gasteiger partial charge in [-0.1, -0.05) is 18.5 Å². The Bertz CT molecular complexity index is 233. The fraction of sp³-hybridized carbons (Fsp3) is 0.909. The zero-order valence-corrected chi connectivity index (χ0v) is 9.89. The van der Waals surface area contributed by atoms with Crippen molar-refractivity contribution in [2.24, 2.45) is 16.8 Å². The minimum absolute atomic E-state index is 0.0657. The Labute approximate surface area is 96.7 Å². The third-order valence-electron chi connectivity index (χ3n) is 3.29. The summed E-state index contributed by atoms with van der Waals surface area (Å²) >= 11 is 0. The maximum absolute atomic E-state index is 9.54. The van der Waals surface area contributed by atoms with Gasteiger partial charge in [-0.3, -0.25) is 0 Å². The van der Waals surface area contributed by atoms with Crippen molar-refractivity contribution >= 4 is 5.84 Å². The van der Waals surface area contributed by atoms with E-state index in [0.29, 0.717) is 5.92 Å². The van der Waals surface area contributed by atoms with E-state index in [4.69, 9.17) is 10.9 Å². The van der Waals surface area contributed by atoms with Gasteiger partial charge in [0.1, 0.15) is 0 Å². The second-order valence-electron chi connectivity index (χ2n) is 4.58. The van der Waals surface area contributed by atoms with Gasteiger partial charge in [-0.05, 0) is 38.1 Å². The van der Waals surface area contributed by atoms with Crippen LogP contribution >= 0.6 is 0 Å². The maximum atomic E-state index is 9.54. The van der Waals surface area contributed by atoms with E-state index >= 15 is 0 Å². The Balaban J connectivity index is 2.31. The molecule has 0 radical (unpaired) electrons. The lowest BCUT2D eigenvalue weighted by Gasteiger charge is -2.27. The van der Waals surface area contributed by atoms with Crippen LogP contribution in [0.3, 0.4) is 0 Å². The molecule has 5 nitrogen and oxygen atoms in total. The summed E-state index contributed by atoms with van der Waals surface area (Å²) in [6.07, 6.45) is 4.67. The predicted octanol–water partition coefficient (Wildman–Crippen LogP) is 0.652. The standard InChI is InChI=1S/C11H23N3O2/c1-2-10(11(12)14-16)13-7-8-4-3-5-9(15)6-8/h8-10,13,15-16H,2-7H2,1H3,(H2,12,14). The lowest BCUT2D eigenvalue weighted by Crippen LogP contribution is -2.43. The molecule has 0 aliphatic heterocycles. The van der Waals surface area contributed by atoms with Crippen LogP contribution in [0.4, 0.5) is 0 Å². The molecular formula is C11H23N3O2. The number of nitrogens with zero attached hydrogens (tertiary/aromatic N) is 1. The SMILES string of the molecule is CCC(NCC1CCCC(O)C1)C(N)=NO. The molecule has 5 heteroatoms. The summed E-state index contributed by atoms with van der Waals surface area (Å²) in [7, 11) is 0. The number of aliphatic hydroxyl groups excluding tert-OH is 1. The molecular weight excluding hydrogens is 206 g/mol. The van der Waals surface area contributed by atoms with Gasteiger partial charge >= 0.3 is 0 Å². The molecule has 0 saturated heterocycles. The second kappa shape index (κ2) is 6.70. The molecule has 3 atom stereocenters. The van der Waals surface area contributed by atoms with Crippen molar-refractivity contribution < 1.29 is 10.3 Å². The van der Waals surface area contributed by atoms with Gasteiger partial charge in [0.2, 0.25) is 0 Å². The second-order valence-corrected chi connectivity index (χ2v) is 4.58. The van der Waals surface area contributed by atoms with Gasteiger partial charge in [-0.2, -0.15) is 0 Å². The zero-order valence-electron chi connectivity index (χ0n) is 9.89. The molecule has 0 aromatic heterocycles. The molecule has 0 aromatic rings. The quantitative estimate of drug-likeness (QED) is 0.241. The smallest absolute Gasteiger partial charge is 0.156 e. The molecule has 0 heterocycles. The van der Waals surface area contributed by atoms with Crippen LogP contribution < -0.4 is 11.1 Å². The van der Waals surface area contributed by atoms with Crippen LogP contribution in [0.15, 0.2) is 5.16 Å². The van der Waals surface area contributed by atoms with Gasteiger partial charge in [0.15, 0.2) is 5.84 Å². The van der Waals surface area contributed by atoms with Crippen LogP contribution in [-0.4, -0.2) is 34.8 Å². The largest absolute Gasteiger partial charge is 0.409 e. The van der Waals surface area contributed by atoms with Gasteiger partial charge in [0, 0.05) is 0 Å². The third kappa shape index (κ3) is 3.98. The molecule has 94 valence electrons. The van der Waals surface area contributed by atoms with Crippen LogP contribution in [0.25, 0.3) is 0 Å². The lowest BCUT2D eigenvalue weighted by atomic mass is 9.87. The van der Waals surface area contributed by atoms with Crippen molar-refractivity contribution in [2.45, 2.75) is 51.2 Å². The van der Waals surface area contributed by atoms with Crippen molar-refractivity contribution in [1.82, 2.24) is 5.32 Å². The minimum atomic E-state index is -0.149. The van der Waals surface area contributed by atoms with E-state index in [2.05, 4.69) is 10.5 Å². The molecule has 0 bridgehead atoms. The Morgan fingerprint density at radius 3 is 2.88 bits per heavy atom. The van der Waals surface area contributed by atoms with Crippen molar-refractivity contribution in [1.29, 1.82) is 0 Å². The van der Waals surface area contributed by atoms with E-state index in [1.54, 1.807) is 0 Å². The predicted molar refractivity (Wildman–Crippen MR) is 63.5 cm³/mol. The highest BCUT2D eigenvalue weighted by atomic mass is 16.4. The van der Waals surface area contributed by atoms with Crippen LogP contribution in [0.2, 0.25) is 0 Å². The first-order valence-electron chi connectivity index (χ1n) is 6.06. The first kappa shape index (κ1) is 13.3. The van der Waals surface area contributed by atoms with Gasteiger partial charge < -0.3 is 21.4 Å². The molecule has 1 aliphatic rings. The number of hydrogen-bond acceptors (Lipinski definition) is 4. The molecule has 5 N–H and O–H groups in total. The Morgan fingerprint density at radius 1 is 1.56 bits per heavy atom. The monoisotopic (exact) mass is 229 g/mol. The molecule has 1 fully saturated rings. The number of nitrogens with two attached hydrogens (primary N) is 1. The minimum Gasteiger partial charge on any atom is -0.409 e. The molecule has 1 saturated carbocycles. The average Bonchev–Trinajstić information content (AvgIpc) is 2.29. The van der Waals surface area contributed by atoms with E-state index in [1.807, 2.05) is 6.92 Å². The van der Waals surface area contributed by atoms with E-state index in [0.717, 1.165) is 38.6 Å². The summed E-state index contributed by atoms with van der Waals surface area (Å²) in [6.45, 7) is 2.82. The van der Waals surface area contributed by atoms with Gasteiger partial charge in [-0.15, -0.1) is 0 Å². The van der Waals surface area contributed by atoms with Crippen LogP contribution in [-0.2, 0) is 0 Å². The van der Waals surface area contributed by atoms with Crippen molar-refractivity contribution in [2.75, 3.05) is 6.54 Å².